The molecule has 1 fully saturated rings. The highest BCUT2D eigenvalue weighted by Gasteiger charge is 2.39. The fourth-order valence-electron chi connectivity index (χ4n) is 2.75. The number of anilines is 1. The van der Waals surface area contributed by atoms with Gasteiger partial charge >= 0.3 is 0 Å². The van der Waals surface area contributed by atoms with Crippen molar-refractivity contribution in [1.29, 1.82) is 0 Å². The molecule has 0 spiro atoms. The number of rotatable bonds is 3. The van der Waals surface area contributed by atoms with Crippen LogP contribution in [0.25, 0.3) is 0 Å². The van der Waals surface area contributed by atoms with Crippen molar-refractivity contribution in [3.05, 3.63) is 11.8 Å². The lowest BCUT2D eigenvalue weighted by Crippen LogP contribution is -2.35. The van der Waals surface area contributed by atoms with Crippen molar-refractivity contribution < 1.29 is 4.79 Å². The maximum absolute atomic E-state index is 12.2. The van der Waals surface area contributed by atoms with Crippen LogP contribution in [-0.2, 0) is 18.4 Å². The summed E-state index contributed by atoms with van der Waals surface area (Å²) in [6, 6.07) is 0. The highest BCUT2D eigenvalue weighted by molar-refractivity contribution is 5.79. The maximum Gasteiger partial charge on any atom is 0.223 e. The summed E-state index contributed by atoms with van der Waals surface area (Å²) >= 11 is 0. The van der Waals surface area contributed by atoms with Crippen molar-refractivity contribution in [3.63, 3.8) is 0 Å². The lowest BCUT2D eigenvalue weighted by Gasteiger charge is -2.25. The van der Waals surface area contributed by atoms with Gasteiger partial charge in [0.2, 0.25) is 5.91 Å². The molecule has 1 unspecified atom stereocenters. The molecule has 0 saturated heterocycles. The van der Waals surface area contributed by atoms with E-state index >= 15 is 0 Å². The zero-order chi connectivity index (χ0) is 13.3. The van der Waals surface area contributed by atoms with Crippen LogP contribution < -0.4 is 11.1 Å². The van der Waals surface area contributed by atoms with Crippen molar-refractivity contribution in [1.82, 2.24) is 15.1 Å². The van der Waals surface area contributed by atoms with Crippen LogP contribution in [0.5, 0.6) is 0 Å². The number of carbonyl (C=O) groups is 1. The topological polar surface area (TPSA) is 72.9 Å². The first-order valence-corrected chi connectivity index (χ1v) is 6.46. The van der Waals surface area contributed by atoms with Gasteiger partial charge in [0.1, 0.15) is 5.82 Å². The van der Waals surface area contributed by atoms with E-state index in [4.69, 9.17) is 5.73 Å². The molecule has 0 aromatic carbocycles. The summed E-state index contributed by atoms with van der Waals surface area (Å²) in [4.78, 5) is 12.2. The average molecular weight is 250 g/mol. The van der Waals surface area contributed by atoms with Gasteiger partial charge in [-0.3, -0.25) is 9.48 Å². The molecule has 1 aromatic heterocycles. The van der Waals surface area contributed by atoms with Crippen molar-refractivity contribution >= 4 is 11.7 Å². The van der Waals surface area contributed by atoms with Gasteiger partial charge in [0.15, 0.2) is 0 Å². The molecule has 0 aliphatic heterocycles. The molecule has 5 nitrogen and oxygen atoms in total. The molecule has 1 heterocycles. The number of amides is 1. The van der Waals surface area contributed by atoms with Gasteiger partial charge in [0.05, 0.1) is 6.20 Å². The summed E-state index contributed by atoms with van der Waals surface area (Å²) in [5.74, 6) is 0.872. The summed E-state index contributed by atoms with van der Waals surface area (Å²) < 4.78 is 1.61. The van der Waals surface area contributed by atoms with Crippen LogP contribution in [0.2, 0.25) is 0 Å². The molecule has 1 amide bonds. The number of hydrogen-bond donors (Lipinski definition) is 2. The number of nitrogens with two attached hydrogens (primary N) is 1. The normalized spacial score (nSPS) is 22.1. The lowest BCUT2D eigenvalue weighted by molar-refractivity contribution is -0.127. The predicted molar refractivity (Wildman–Crippen MR) is 70.6 cm³/mol. The Morgan fingerprint density at radius 3 is 2.89 bits per heavy atom. The third-order valence-electron chi connectivity index (χ3n) is 4.09. The van der Waals surface area contributed by atoms with Crippen molar-refractivity contribution in [2.45, 2.75) is 39.7 Å². The minimum Gasteiger partial charge on any atom is -0.384 e. The molecule has 1 aromatic rings. The van der Waals surface area contributed by atoms with Crippen LogP contribution in [-0.4, -0.2) is 15.7 Å². The van der Waals surface area contributed by atoms with Gasteiger partial charge < -0.3 is 11.1 Å². The van der Waals surface area contributed by atoms with E-state index in [9.17, 15) is 4.79 Å². The largest absolute Gasteiger partial charge is 0.384 e. The molecule has 100 valence electrons. The Labute approximate surface area is 108 Å². The summed E-state index contributed by atoms with van der Waals surface area (Å²) in [6.07, 6.45) is 4.96. The Hall–Kier alpha value is -1.52. The molecule has 0 bridgehead atoms. The first-order chi connectivity index (χ1) is 8.42. The lowest BCUT2D eigenvalue weighted by atomic mass is 9.81. The molecule has 3 N–H and O–H groups in total. The monoisotopic (exact) mass is 250 g/mol. The summed E-state index contributed by atoms with van der Waals surface area (Å²) in [6.45, 7) is 4.80. The zero-order valence-electron chi connectivity index (χ0n) is 11.4. The Balaban J connectivity index is 1.95. The van der Waals surface area contributed by atoms with Crippen LogP contribution >= 0.6 is 0 Å². The Kier molecular flexibility index (Phi) is 3.32. The van der Waals surface area contributed by atoms with Crippen LogP contribution in [0.15, 0.2) is 6.20 Å². The number of hydrogen-bond acceptors (Lipinski definition) is 3. The van der Waals surface area contributed by atoms with E-state index in [0.29, 0.717) is 12.4 Å². The smallest absolute Gasteiger partial charge is 0.223 e. The van der Waals surface area contributed by atoms with Crippen LogP contribution in [0.1, 0.15) is 38.7 Å². The predicted octanol–water partition coefficient (Wildman–Crippen LogP) is 1.44. The van der Waals surface area contributed by atoms with E-state index in [-0.39, 0.29) is 17.2 Å². The molecular formula is C13H22N4O. The summed E-state index contributed by atoms with van der Waals surface area (Å²) in [7, 11) is 1.79. The van der Waals surface area contributed by atoms with Gasteiger partial charge in [0.25, 0.3) is 0 Å². The van der Waals surface area contributed by atoms with E-state index in [1.807, 2.05) is 0 Å². The highest BCUT2D eigenvalue weighted by atomic mass is 16.1. The van der Waals surface area contributed by atoms with Crippen molar-refractivity contribution in [3.8, 4) is 0 Å². The molecule has 1 aliphatic rings. The van der Waals surface area contributed by atoms with Gasteiger partial charge in [-0.25, -0.2) is 0 Å². The molecule has 1 atom stereocenters. The van der Waals surface area contributed by atoms with Gasteiger partial charge in [-0.15, -0.1) is 0 Å². The maximum atomic E-state index is 12.2. The molecule has 0 radical (unpaired) electrons. The number of nitrogen functional groups attached to an aromatic ring is 1. The molecular weight excluding hydrogens is 228 g/mol. The van der Waals surface area contributed by atoms with Gasteiger partial charge in [-0.1, -0.05) is 20.3 Å². The minimum absolute atomic E-state index is 0.116. The highest BCUT2D eigenvalue weighted by Crippen LogP contribution is 2.42. The fraction of sp³-hybridized carbons (Fsp3) is 0.692. The van der Waals surface area contributed by atoms with E-state index < -0.39 is 0 Å². The summed E-state index contributed by atoms with van der Waals surface area (Å²) in [5.41, 5.74) is 6.84. The second-order valence-corrected chi connectivity index (χ2v) is 5.83. The molecule has 1 aliphatic carbocycles. The zero-order valence-corrected chi connectivity index (χ0v) is 11.4. The number of aryl methyl sites for hydroxylation is 1. The second-order valence-electron chi connectivity index (χ2n) is 5.83. The minimum atomic E-state index is 0.116. The van der Waals surface area contributed by atoms with E-state index in [0.717, 1.165) is 24.8 Å². The summed E-state index contributed by atoms with van der Waals surface area (Å²) in [5, 5.41) is 7.04. The Morgan fingerprint density at radius 1 is 1.67 bits per heavy atom. The SMILES string of the molecule is Cn1ncc(CNC(=O)C2CCCC2(C)C)c1N. The second kappa shape index (κ2) is 4.63. The third kappa shape index (κ3) is 2.35. The molecule has 5 heteroatoms. The van der Waals surface area contributed by atoms with Gasteiger partial charge in [-0.2, -0.15) is 5.10 Å². The average Bonchev–Trinajstić information content (AvgIpc) is 2.81. The van der Waals surface area contributed by atoms with E-state index in [1.54, 1.807) is 17.9 Å². The van der Waals surface area contributed by atoms with Crippen LogP contribution in [0.3, 0.4) is 0 Å². The number of carbonyl (C=O) groups excluding carboxylic acids is 1. The Morgan fingerprint density at radius 2 is 2.39 bits per heavy atom. The fourth-order valence-corrected chi connectivity index (χ4v) is 2.75. The quantitative estimate of drug-likeness (QED) is 0.852. The standard InChI is InChI=1S/C13H22N4O/c1-13(2)6-4-5-10(13)12(18)15-7-9-8-16-17(3)11(9)14/h8,10H,4-7,14H2,1-3H3,(H,15,18). The van der Waals surface area contributed by atoms with Gasteiger partial charge in [0, 0.05) is 25.1 Å². The first kappa shape index (κ1) is 12.9. The molecule has 18 heavy (non-hydrogen) atoms. The van der Waals surface area contributed by atoms with Crippen LogP contribution in [0.4, 0.5) is 5.82 Å². The Bertz CT molecular complexity index is 450. The number of aromatic nitrogens is 2. The van der Waals surface area contributed by atoms with Crippen molar-refractivity contribution in [2.75, 3.05) is 5.73 Å². The molecule has 1 saturated carbocycles. The van der Waals surface area contributed by atoms with Crippen molar-refractivity contribution in [2.24, 2.45) is 18.4 Å². The first-order valence-electron chi connectivity index (χ1n) is 6.46. The van der Waals surface area contributed by atoms with E-state index in [2.05, 4.69) is 24.3 Å². The number of nitrogens with one attached hydrogen (secondary N) is 1. The van der Waals surface area contributed by atoms with Crippen LogP contribution in [0, 0.1) is 11.3 Å². The molecule has 2 rings (SSSR count). The van der Waals surface area contributed by atoms with Gasteiger partial charge in [-0.05, 0) is 18.3 Å². The third-order valence-corrected chi connectivity index (χ3v) is 4.09. The number of nitrogens with zero attached hydrogens (tertiary/aromatic N) is 2. The van der Waals surface area contributed by atoms with E-state index in [1.165, 1.54) is 0 Å².